The first kappa shape index (κ1) is 17.7. The van der Waals surface area contributed by atoms with Gasteiger partial charge in [0.25, 0.3) is 0 Å². The SMILES string of the molecule is O=C1N(CCO)C(O)C(O)N1CN1C(=O)N(CCO)C(O)C1O. The van der Waals surface area contributed by atoms with Crippen LogP contribution >= 0.6 is 0 Å². The first-order chi connectivity index (χ1) is 10.8. The molecule has 6 N–H and O–H groups in total. The Hall–Kier alpha value is -1.70. The molecule has 0 aliphatic carbocycles. The van der Waals surface area contributed by atoms with Crippen LogP contribution in [0.4, 0.5) is 9.59 Å². The fourth-order valence-electron chi connectivity index (χ4n) is 2.55. The van der Waals surface area contributed by atoms with Crippen LogP contribution in [0.2, 0.25) is 0 Å². The summed E-state index contributed by atoms with van der Waals surface area (Å²) >= 11 is 0. The van der Waals surface area contributed by atoms with Gasteiger partial charge in [-0.15, -0.1) is 0 Å². The Balaban J connectivity index is 2.12. The van der Waals surface area contributed by atoms with Crippen LogP contribution in [0.5, 0.6) is 0 Å². The van der Waals surface area contributed by atoms with E-state index in [-0.39, 0.29) is 13.1 Å². The summed E-state index contributed by atoms with van der Waals surface area (Å²) in [7, 11) is 0. The summed E-state index contributed by atoms with van der Waals surface area (Å²) in [6, 6.07) is -1.68. The topological polar surface area (TPSA) is 168 Å². The molecule has 2 heterocycles. The molecule has 2 aliphatic heterocycles. The molecule has 0 aromatic rings. The highest BCUT2D eigenvalue weighted by Crippen LogP contribution is 2.24. The van der Waals surface area contributed by atoms with Crippen LogP contribution in [0, 0.1) is 0 Å². The monoisotopic (exact) mass is 336 g/mol. The van der Waals surface area contributed by atoms with Crippen molar-refractivity contribution in [3.05, 3.63) is 0 Å². The molecule has 2 aliphatic rings. The molecule has 4 amide bonds. The third-order valence-corrected chi connectivity index (χ3v) is 3.78. The zero-order chi connectivity index (χ0) is 17.3. The summed E-state index contributed by atoms with van der Waals surface area (Å²) in [5.74, 6) is 0. The van der Waals surface area contributed by atoms with E-state index >= 15 is 0 Å². The first-order valence-electron chi connectivity index (χ1n) is 6.93. The summed E-state index contributed by atoms with van der Waals surface area (Å²) in [6.45, 7) is -1.89. The minimum Gasteiger partial charge on any atom is -0.395 e. The van der Waals surface area contributed by atoms with E-state index in [4.69, 9.17) is 10.2 Å². The number of aliphatic hydroxyl groups excluding tert-OH is 6. The molecule has 2 rings (SSSR count). The lowest BCUT2D eigenvalue weighted by molar-refractivity contribution is -0.0990. The van der Waals surface area contributed by atoms with Gasteiger partial charge in [-0.3, -0.25) is 19.6 Å². The predicted molar refractivity (Wildman–Crippen MR) is 70.9 cm³/mol. The van der Waals surface area contributed by atoms with Gasteiger partial charge in [0.1, 0.15) is 6.67 Å². The smallest absolute Gasteiger partial charge is 0.325 e. The van der Waals surface area contributed by atoms with Crippen LogP contribution in [0.3, 0.4) is 0 Å². The summed E-state index contributed by atoms with van der Waals surface area (Å²) < 4.78 is 0. The van der Waals surface area contributed by atoms with Gasteiger partial charge in [0.15, 0.2) is 24.9 Å². The Morgan fingerprint density at radius 2 is 0.957 bits per heavy atom. The fraction of sp³-hybridized carbons (Fsp3) is 0.818. The molecule has 2 saturated heterocycles. The second-order valence-electron chi connectivity index (χ2n) is 5.13. The maximum absolute atomic E-state index is 12.1. The van der Waals surface area contributed by atoms with Gasteiger partial charge in [0, 0.05) is 13.1 Å². The number of urea groups is 2. The minimum atomic E-state index is -1.67. The maximum atomic E-state index is 12.1. The lowest BCUT2D eigenvalue weighted by atomic mass is 10.4. The highest BCUT2D eigenvalue weighted by Gasteiger charge is 2.49. The lowest BCUT2D eigenvalue weighted by Crippen LogP contribution is -2.48. The molecule has 0 saturated carbocycles. The zero-order valence-electron chi connectivity index (χ0n) is 12.1. The standard InChI is InChI=1S/C11H20N4O8/c16-3-1-12-6(18)8(20)14(10(12)22)5-15-9(21)7(19)13(2-4-17)11(15)23/h6-9,16-21H,1-5H2. The van der Waals surface area contributed by atoms with Crippen molar-refractivity contribution in [2.45, 2.75) is 24.9 Å². The average molecular weight is 336 g/mol. The van der Waals surface area contributed by atoms with Crippen molar-refractivity contribution in [3.63, 3.8) is 0 Å². The van der Waals surface area contributed by atoms with E-state index in [1.54, 1.807) is 0 Å². The van der Waals surface area contributed by atoms with Crippen LogP contribution in [0.25, 0.3) is 0 Å². The van der Waals surface area contributed by atoms with Crippen molar-refractivity contribution >= 4 is 12.1 Å². The van der Waals surface area contributed by atoms with E-state index in [0.717, 1.165) is 19.6 Å². The van der Waals surface area contributed by atoms with Gasteiger partial charge in [0.2, 0.25) is 0 Å². The Morgan fingerprint density at radius 1 is 0.652 bits per heavy atom. The third kappa shape index (κ3) is 2.91. The van der Waals surface area contributed by atoms with Crippen molar-refractivity contribution in [3.8, 4) is 0 Å². The quantitative estimate of drug-likeness (QED) is 0.283. The van der Waals surface area contributed by atoms with Crippen molar-refractivity contribution < 1.29 is 40.2 Å². The number of rotatable bonds is 6. The highest BCUT2D eigenvalue weighted by molar-refractivity contribution is 5.80. The lowest BCUT2D eigenvalue weighted by Gasteiger charge is -2.27. The Morgan fingerprint density at radius 3 is 1.26 bits per heavy atom. The van der Waals surface area contributed by atoms with E-state index in [1.807, 2.05) is 0 Å². The Labute approximate surface area is 131 Å². The second kappa shape index (κ2) is 6.82. The molecule has 12 heteroatoms. The number of nitrogens with zero attached hydrogens (tertiary/aromatic N) is 4. The summed E-state index contributed by atoms with van der Waals surface area (Å²) in [5.41, 5.74) is 0. The van der Waals surface area contributed by atoms with E-state index < -0.39 is 56.9 Å². The maximum Gasteiger partial charge on any atom is 0.325 e. The predicted octanol–water partition coefficient (Wildman–Crippen LogP) is -4.32. The Kier molecular flexibility index (Phi) is 5.23. The molecule has 0 aromatic carbocycles. The molecular formula is C11H20N4O8. The molecule has 0 aromatic heterocycles. The van der Waals surface area contributed by atoms with E-state index in [0.29, 0.717) is 0 Å². The summed E-state index contributed by atoms with van der Waals surface area (Å²) in [6.07, 6.45) is -6.53. The van der Waals surface area contributed by atoms with E-state index in [9.17, 15) is 30.0 Å². The van der Waals surface area contributed by atoms with E-state index in [2.05, 4.69) is 0 Å². The van der Waals surface area contributed by atoms with Gasteiger partial charge >= 0.3 is 12.1 Å². The van der Waals surface area contributed by atoms with Gasteiger partial charge in [-0.05, 0) is 0 Å². The number of hydrogen-bond donors (Lipinski definition) is 6. The summed E-state index contributed by atoms with van der Waals surface area (Å²) in [5, 5.41) is 57.0. The van der Waals surface area contributed by atoms with Crippen molar-refractivity contribution in [1.29, 1.82) is 0 Å². The van der Waals surface area contributed by atoms with Gasteiger partial charge in [-0.25, -0.2) is 9.59 Å². The average Bonchev–Trinajstić information content (AvgIpc) is 2.84. The molecule has 2 fully saturated rings. The number of carbonyl (C=O) groups is 2. The largest absolute Gasteiger partial charge is 0.395 e. The number of aliphatic hydroxyl groups is 6. The number of hydrogen-bond acceptors (Lipinski definition) is 8. The zero-order valence-corrected chi connectivity index (χ0v) is 12.1. The van der Waals surface area contributed by atoms with Crippen LogP contribution in [-0.2, 0) is 0 Å². The van der Waals surface area contributed by atoms with Crippen LogP contribution in [-0.4, -0.2) is 120 Å². The van der Waals surface area contributed by atoms with Crippen LogP contribution in [0.1, 0.15) is 0 Å². The third-order valence-electron chi connectivity index (χ3n) is 3.78. The second-order valence-corrected chi connectivity index (χ2v) is 5.13. The van der Waals surface area contributed by atoms with Crippen LogP contribution < -0.4 is 0 Å². The number of β-amino-alcohol motifs (C(OH)–C–C–N with tert-alkyl or cyclic N) is 2. The minimum absolute atomic E-state index is 0.219. The molecule has 12 nitrogen and oxygen atoms in total. The van der Waals surface area contributed by atoms with Crippen LogP contribution in [0.15, 0.2) is 0 Å². The number of carbonyl (C=O) groups excluding carboxylic acids is 2. The van der Waals surface area contributed by atoms with Gasteiger partial charge in [0.05, 0.1) is 13.2 Å². The fourth-order valence-corrected chi connectivity index (χ4v) is 2.55. The Bertz CT molecular complexity index is 425. The molecular weight excluding hydrogens is 316 g/mol. The highest BCUT2D eigenvalue weighted by atomic mass is 16.4. The van der Waals surface area contributed by atoms with Gasteiger partial charge in [-0.2, -0.15) is 0 Å². The molecule has 0 spiro atoms. The molecule has 4 unspecified atom stereocenters. The molecule has 23 heavy (non-hydrogen) atoms. The van der Waals surface area contributed by atoms with Gasteiger partial charge < -0.3 is 30.6 Å². The normalized spacial score (nSPS) is 31.7. The van der Waals surface area contributed by atoms with Crippen molar-refractivity contribution in [2.75, 3.05) is 33.0 Å². The molecule has 0 radical (unpaired) electrons. The molecule has 132 valence electrons. The first-order valence-corrected chi connectivity index (χ1v) is 6.93. The van der Waals surface area contributed by atoms with Gasteiger partial charge in [-0.1, -0.05) is 0 Å². The summed E-state index contributed by atoms with van der Waals surface area (Å²) in [4.78, 5) is 27.2. The van der Waals surface area contributed by atoms with Crippen molar-refractivity contribution in [2.24, 2.45) is 0 Å². The molecule has 0 bridgehead atoms. The number of amides is 4. The van der Waals surface area contributed by atoms with Crippen molar-refractivity contribution in [1.82, 2.24) is 19.6 Å². The molecule has 4 atom stereocenters. The van der Waals surface area contributed by atoms with E-state index in [1.165, 1.54) is 0 Å².